The lowest BCUT2D eigenvalue weighted by atomic mass is 10.1. The molecule has 1 amide bonds. The van der Waals surface area contributed by atoms with Gasteiger partial charge in [-0.15, -0.1) is 0 Å². The normalized spacial score (nSPS) is 16.4. The molecular formula is C23H31N3O. The lowest BCUT2D eigenvalue weighted by Crippen LogP contribution is -2.45. The maximum absolute atomic E-state index is 12.8. The van der Waals surface area contributed by atoms with Gasteiger partial charge in [0.25, 0.3) is 0 Å². The zero-order valence-corrected chi connectivity index (χ0v) is 16.1. The van der Waals surface area contributed by atoms with Gasteiger partial charge < -0.3 is 15.5 Å². The van der Waals surface area contributed by atoms with Crippen LogP contribution in [0.5, 0.6) is 0 Å². The fraction of sp³-hybridized carbons (Fsp3) is 0.435. The molecule has 1 atom stereocenters. The summed E-state index contributed by atoms with van der Waals surface area (Å²) in [5, 5.41) is 6.84. The van der Waals surface area contributed by atoms with Crippen molar-refractivity contribution in [2.75, 3.05) is 32.7 Å². The van der Waals surface area contributed by atoms with Crippen molar-refractivity contribution in [1.29, 1.82) is 0 Å². The highest BCUT2D eigenvalue weighted by Crippen LogP contribution is 2.09. The van der Waals surface area contributed by atoms with Gasteiger partial charge in [0, 0.05) is 19.1 Å². The van der Waals surface area contributed by atoms with Crippen molar-refractivity contribution in [3.8, 4) is 0 Å². The van der Waals surface area contributed by atoms with E-state index in [1.165, 1.54) is 17.5 Å². The van der Waals surface area contributed by atoms with E-state index in [1.54, 1.807) is 0 Å². The Kier molecular flexibility index (Phi) is 7.87. The van der Waals surface area contributed by atoms with Gasteiger partial charge in [-0.25, -0.2) is 0 Å². The van der Waals surface area contributed by atoms with E-state index in [4.69, 9.17) is 0 Å². The van der Waals surface area contributed by atoms with Crippen LogP contribution in [0, 0.1) is 0 Å². The molecule has 1 aliphatic rings. The number of nitrogens with zero attached hydrogens (tertiary/aromatic N) is 1. The summed E-state index contributed by atoms with van der Waals surface area (Å²) in [6.45, 7) is 3.90. The molecule has 2 aromatic rings. The molecule has 0 aromatic heterocycles. The largest absolute Gasteiger partial charge is 0.340 e. The van der Waals surface area contributed by atoms with Gasteiger partial charge in [0.1, 0.15) is 0 Å². The molecule has 27 heavy (non-hydrogen) atoms. The van der Waals surface area contributed by atoms with Crippen LogP contribution in [0.1, 0.15) is 24.0 Å². The van der Waals surface area contributed by atoms with Gasteiger partial charge >= 0.3 is 0 Å². The quantitative estimate of drug-likeness (QED) is 0.636. The van der Waals surface area contributed by atoms with E-state index < -0.39 is 0 Å². The first kappa shape index (κ1) is 19.6. The van der Waals surface area contributed by atoms with Crippen LogP contribution < -0.4 is 10.6 Å². The topological polar surface area (TPSA) is 44.4 Å². The van der Waals surface area contributed by atoms with E-state index in [0.29, 0.717) is 12.6 Å². The number of nitrogens with one attached hydrogen (secondary N) is 2. The Labute approximate surface area is 163 Å². The third-order valence-electron chi connectivity index (χ3n) is 5.18. The van der Waals surface area contributed by atoms with Crippen LogP contribution in [-0.4, -0.2) is 49.6 Å². The summed E-state index contributed by atoms with van der Waals surface area (Å²) in [4.78, 5) is 14.8. The zero-order valence-electron chi connectivity index (χ0n) is 16.1. The molecule has 0 unspecified atom stereocenters. The van der Waals surface area contributed by atoms with Gasteiger partial charge in [0.15, 0.2) is 0 Å². The molecular weight excluding hydrogens is 334 g/mol. The van der Waals surface area contributed by atoms with Crippen LogP contribution >= 0.6 is 0 Å². The van der Waals surface area contributed by atoms with Crippen LogP contribution in [0.3, 0.4) is 0 Å². The first-order valence-electron chi connectivity index (χ1n) is 10.1. The van der Waals surface area contributed by atoms with Crippen molar-refractivity contribution in [2.24, 2.45) is 0 Å². The van der Waals surface area contributed by atoms with E-state index in [2.05, 4.69) is 59.2 Å². The van der Waals surface area contributed by atoms with E-state index in [9.17, 15) is 4.79 Å². The Morgan fingerprint density at radius 3 is 2.30 bits per heavy atom. The molecule has 1 aliphatic heterocycles. The Morgan fingerprint density at radius 2 is 1.67 bits per heavy atom. The maximum Gasteiger partial charge on any atom is 0.236 e. The monoisotopic (exact) mass is 365 g/mol. The highest BCUT2D eigenvalue weighted by Gasteiger charge is 2.21. The highest BCUT2D eigenvalue weighted by molar-refractivity contribution is 5.78. The van der Waals surface area contributed by atoms with Crippen LogP contribution in [0.15, 0.2) is 60.7 Å². The van der Waals surface area contributed by atoms with E-state index in [0.717, 1.165) is 45.4 Å². The molecule has 2 N–H and O–H groups in total. The molecule has 0 bridgehead atoms. The predicted octanol–water partition coefficient (Wildman–Crippen LogP) is 2.64. The van der Waals surface area contributed by atoms with Crippen LogP contribution in [-0.2, 0) is 17.6 Å². The van der Waals surface area contributed by atoms with E-state index >= 15 is 0 Å². The molecule has 2 aromatic carbocycles. The molecule has 0 radical (unpaired) electrons. The Morgan fingerprint density at radius 1 is 1.00 bits per heavy atom. The second-order valence-corrected chi connectivity index (χ2v) is 7.28. The molecule has 1 fully saturated rings. The van der Waals surface area contributed by atoms with Crippen LogP contribution in [0.2, 0.25) is 0 Å². The molecule has 4 nitrogen and oxygen atoms in total. The third-order valence-corrected chi connectivity index (χ3v) is 5.18. The SMILES string of the molecule is O=C(CNCCc1ccccc1)N(CCc1ccccc1)C[C@@H]1CCCN1. The van der Waals surface area contributed by atoms with Gasteiger partial charge in [-0.05, 0) is 49.9 Å². The van der Waals surface area contributed by atoms with Gasteiger partial charge in [0.2, 0.25) is 5.91 Å². The van der Waals surface area contributed by atoms with E-state index in [-0.39, 0.29) is 5.91 Å². The molecule has 0 aliphatic carbocycles. The van der Waals surface area contributed by atoms with Crippen molar-refractivity contribution in [3.63, 3.8) is 0 Å². The lowest BCUT2D eigenvalue weighted by molar-refractivity contribution is -0.130. The lowest BCUT2D eigenvalue weighted by Gasteiger charge is -2.26. The third kappa shape index (κ3) is 6.81. The summed E-state index contributed by atoms with van der Waals surface area (Å²) in [6, 6.07) is 21.3. The molecule has 4 heteroatoms. The number of benzene rings is 2. The first-order chi connectivity index (χ1) is 13.3. The first-order valence-corrected chi connectivity index (χ1v) is 10.1. The highest BCUT2D eigenvalue weighted by atomic mass is 16.2. The van der Waals surface area contributed by atoms with Crippen molar-refractivity contribution < 1.29 is 4.79 Å². The van der Waals surface area contributed by atoms with Crippen LogP contribution in [0.25, 0.3) is 0 Å². The Hall–Kier alpha value is -2.17. The average molecular weight is 366 g/mol. The second kappa shape index (κ2) is 10.9. The molecule has 1 heterocycles. The van der Waals surface area contributed by atoms with Crippen molar-refractivity contribution in [3.05, 3.63) is 71.8 Å². The van der Waals surface area contributed by atoms with Crippen LogP contribution in [0.4, 0.5) is 0 Å². The Balaban J connectivity index is 1.46. The van der Waals surface area contributed by atoms with Gasteiger partial charge in [-0.1, -0.05) is 60.7 Å². The fourth-order valence-electron chi connectivity index (χ4n) is 3.59. The van der Waals surface area contributed by atoms with Gasteiger partial charge in [-0.2, -0.15) is 0 Å². The average Bonchev–Trinajstić information content (AvgIpc) is 3.23. The number of hydrogen-bond acceptors (Lipinski definition) is 3. The number of hydrogen-bond donors (Lipinski definition) is 2. The summed E-state index contributed by atoms with van der Waals surface area (Å²) in [7, 11) is 0. The Bertz CT molecular complexity index is 669. The summed E-state index contributed by atoms with van der Waals surface area (Å²) < 4.78 is 0. The second-order valence-electron chi connectivity index (χ2n) is 7.28. The minimum Gasteiger partial charge on any atom is -0.340 e. The number of carbonyl (C=O) groups is 1. The summed E-state index contributed by atoms with van der Waals surface area (Å²) in [5.41, 5.74) is 2.58. The minimum atomic E-state index is 0.202. The molecule has 1 saturated heterocycles. The summed E-state index contributed by atoms with van der Waals surface area (Å²) in [6.07, 6.45) is 4.23. The summed E-state index contributed by atoms with van der Waals surface area (Å²) in [5.74, 6) is 0.202. The zero-order chi connectivity index (χ0) is 18.7. The summed E-state index contributed by atoms with van der Waals surface area (Å²) >= 11 is 0. The van der Waals surface area contributed by atoms with Crippen molar-refractivity contribution >= 4 is 5.91 Å². The van der Waals surface area contributed by atoms with Gasteiger partial charge in [0.05, 0.1) is 6.54 Å². The molecule has 3 rings (SSSR count). The maximum atomic E-state index is 12.8. The van der Waals surface area contributed by atoms with E-state index in [1.807, 2.05) is 17.0 Å². The fourth-order valence-corrected chi connectivity index (χ4v) is 3.59. The standard InChI is InChI=1S/C23H31N3O/c27-23(18-24-16-13-20-8-3-1-4-9-20)26(19-22-12-7-15-25-22)17-14-21-10-5-2-6-11-21/h1-6,8-11,22,24-25H,7,12-19H2/t22-/m0/s1. The molecule has 144 valence electrons. The van der Waals surface area contributed by atoms with Gasteiger partial charge in [-0.3, -0.25) is 4.79 Å². The predicted molar refractivity (Wildman–Crippen MR) is 111 cm³/mol. The number of rotatable bonds is 10. The molecule has 0 spiro atoms. The smallest absolute Gasteiger partial charge is 0.236 e. The van der Waals surface area contributed by atoms with Crippen molar-refractivity contribution in [1.82, 2.24) is 15.5 Å². The van der Waals surface area contributed by atoms with Crippen molar-refractivity contribution in [2.45, 2.75) is 31.7 Å². The number of amides is 1. The minimum absolute atomic E-state index is 0.202. The molecule has 0 saturated carbocycles. The number of carbonyl (C=O) groups excluding carboxylic acids is 1.